The van der Waals surface area contributed by atoms with Crippen molar-refractivity contribution in [3.05, 3.63) is 35.1 Å². The van der Waals surface area contributed by atoms with E-state index in [0.717, 1.165) is 25.7 Å². The third-order valence-corrected chi connectivity index (χ3v) is 3.85. The van der Waals surface area contributed by atoms with Crippen LogP contribution in [0.4, 0.5) is 4.39 Å². The summed E-state index contributed by atoms with van der Waals surface area (Å²) in [6, 6.07) is 4.08. The fraction of sp³-hybridized carbons (Fsp3) is 0.500. The molecule has 1 aromatic carbocycles. The highest BCUT2D eigenvalue weighted by molar-refractivity contribution is 5.92. The zero-order valence-electron chi connectivity index (χ0n) is 10.8. The molecule has 5 heteroatoms. The molecule has 4 nitrogen and oxygen atoms in total. The van der Waals surface area contributed by atoms with Crippen molar-refractivity contribution in [3.8, 4) is 0 Å². The van der Waals surface area contributed by atoms with E-state index in [-0.39, 0.29) is 24.5 Å². The summed E-state index contributed by atoms with van der Waals surface area (Å²) >= 11 is 0. The lowest BCUT2D eigenvalue weighted by Crippen LogP contribution is -2.45. The average Bonchev–Trinajstić information content (AvgIpc) is 2.87. The minimum Gasteiger partial charge on any atom is -0.394 e. The predicted octanol–water partition coefficient (Wildman–Crippen LogP) is 1.32. The smallest absolute Gasteiger partial charge is 0.248 e. The summed E-state index contributed by atoms with van der Waals surface area (Å²) in [5, 5.41) is 12.7. The fourth-order valence-corrected chi connectivity index (χ4v) is 2.59. The van der Waals surface area contributed by atoms with Gasteiger partial charge in [-0.2, -0.15) is 0 Å². The van der Waals surface area contributed by atoms with E-state index < -0.39 is 5.91 Å². The molecule has 0 radical (unpaired) electrons. The van der Waals surface area contributed by atoms with Gasteiger partial charge in [0.05, 0.1) is 6.61 Å². The molecule has 104 valence electrons. The van der Waals surface area contributed by atoms with Crippen LogP contribution in [0.2, 0.25) is 0 Å². The monoisotopic (exact) mass is 266 g/mol. The number of halogens is 1. The van der Waals surface area contributed by atoms with Crippen molar-refractivity contribution in [1.82, 2.24) is 5.32 Å². The van der Waals surface area contributed by atoms with E-state index in [1.807, 2.05) is 0 Å². The van der Waals surface area contributed by atoms with Crippen molar-refractivity contribution in [3.63, 3.8) is 0 Å². The summed E-state index contributed by atoms with van der Waals surface area (Å²) in [4.78, 5) is 11.1. The Hall–Kier alpha value is -1.46. The fourth-order valence-electron chi connectivity index (χ4n) is 2.59. The number of amides is 1. The molecular weight excluding hydrogens is 247 g/mol. The number of nitrogens with one attached hydrogen (secondary N) is 1. The second-order valence-electron chi connectivity index (χ2n) is 5.17. The van der Waals surface area contributed by atoms with Gasteiger partial charge in [0.2, 0.25) is 5.91 Å². The standard InChI is InChI=1S/C14H19FN2O2/c15-12-4-3-10(13(16)19)7-11(12)8-17-14(9-18)5-1-2-6-14/h3-4,7,17-18H,1-2,5-6,8-9H2,(H2,16,19). The van der Waals surface area contributed by atoms with Crippen molar-refractivity contribution >= 4 is 5.91 Å². The lowest BCUT2D eigenvalue weighted by molar-refractivity contribution is 0.1000. The van der Waals surface area contributed by atoms with Gasteiger partial charge in [-0.1, -0.05) is 12.8 Å². The Morgan fingerprint density at radius 2 is 2.11 bits per heavy atom. The van der Waals surface area contributed by atoms with Crippen LogP contribution >= 0.6 is 0 Å². The zero-order valence-corrected chi connectivity index (χ0v) is 10.8. The second kappa shape index (κ2) is 5.67. The molecule has 0 atom stereocenters. The number of rotatable bonds is 5. The molecule has 0 aliphatic heterocycles. The van der Waals surface area contributed by atoms with Crippen LogP contribution in [0.3, 0.4) is 0 Å². The Morgan fingerprint density at radius 3 is 2.68 bits per heavy atom. The molecule has 1 fully saturated rings. The number of hydrogen-bond acceptors (Lipinski definition) is 3. The molecule has 1 saturated carbocycles. The molecule has 0 aromatic heterocycles. The van der Waals surface area contributed by atoms with Gasteiger partial charge in [0.15, 0.2) is 0 Å². The molecule has 0 saturated heterocycles. The van der Waals surface area contributed by atoms with Crippen molar-refractivity contribution in [1.29, 1.82) is 0 Å². The Kier molecular flexibility index (Phi) is 4.17. The maximum Gasteiger partial charge on any atom is 0.248 e. The van der Waals surface area contributed by atoms with Crippen LogP contribution < -0.4 is 11.1 Å². The molecular formula is C14H19FN2O2. The molecule has 0 heterocycles. The number of nitrogens with two attached hydrogens (primary N) is 1. The molecule has 2 rings (SSSR count). The van der Waals surface area contributed by atoms with Crippen LogP contribution in [0.25, 0.3) is 0 Å². The van der Waals surface area contributed by atoms with E-state index in [9.17, 15) is 14.3 Å². The maximum atomic E-state index is 13.7. The van der Waals surface area contributed by atoms with Crippen molar-refractivity contribution in [2.24, 2.45) is 5.73 Å². The van der Waals surface area contributed by atoms with Gasteiger partial charge in [0, 0.05) is 23.2 Å². The SMILES string of the molecule is NC(=O)c1ccc(F)c(CNC2(CO)CCCC2)c1. The lowest BCUT2D eigenvalue weighted by Gasteiger charge is -2.28. The third-order valence-electron chi connectivity index (χ3n) is 3.85. The first-order chi connectivity index (χ1) is 9.06. The van der Waals surface area contributed by atoms with Crippen LogP contribution in [-0.2, 0) is 6.54 Å². The van der Waals surface area contributed by atoms with Crippen molar-refractivity contribution < 1.29 is 14.3 Å². The molecule has 1 amide bonds. The minimum absolute atomic E-state index is 0.0458. The van der Waals surface area contributed by atoms with E-state index in [1.165, 1.54) is 18.2 Å². The molecule has 0 spiro atoms. The summed E-state index contributed by atoms with van der Waals surface area (Å²) < 4.78 is 13.7. The maximum absolute atomic E-state index is 13.7. The van der Waals surface area contributed by atoms with E-state index >= 15 is 0 Å². The van der Waals surface area contributed by atoms with Crippen LogP contribution in [-0.4, -0.2) is 23.2 Å². The summed E-state index contributed by atoms with van der Waals surface area (Å²) in [6.07, 6.45) is 3.91. The van der Waals surface area contributed by atoms with Gasteiger partial charge < -0.3 is 16.2 Å². The number of carbonyl (C=O) groups excluding carboxylic acids is 1. The number of carbonyl (C=O) groups is 1. The summed E-state index contributed by atoms with van der Waals surface area (Å²) in [6.45, 7) is 0.331. The Balaban J connectivity index is 2.10. The third kappa shape index (κ3) is 3.11. The molecule has 1 aliphatic rings. The zero-order chi connectivity index (χ0) is 13.9. The van der Waals surface area contributed by atoms with Crippen LogP contribution in [0, 0.1) is 5.82 Å². The van der Waals surface area contributed by atoms with E-state index in [0.29, 0.717) is 11.1 Å². The van der Waals surface area contributed by atoms with Gasteiger partial charge in [-0.25, -0.2) is 4.39 Å². The number of primary amides is 1. The minimum atomic E-state index is -0.570. The number of aliphatic hydroxyl groups excluding tert-OH is 1. The molecule has 1 aliphatic carbocycles. The van der Waals surface area contributed by atoms with Gasteiger partial charge in [-0.05, 0) is 31.0 Å². The summed E-state index contributed by atoms with van der Waals surface area (Å²) in [5.74, 6) is -0.942. The Bertz CT molecular complexity index is 471. The Morgan fingerprint density at radius 1 is 1.42 bits per heavy atom. The topological polar surface area (TPSA) is 75.4 Å². The van der Waals surface area contributed by atoms with Gasteiger partial charge in [0.1, 0.15) is 5.82 Å². The van der Waals surface area contributed by atoms with Gasteiger partial charge in [-0.15, -0.1) is 0 Å². The molecule has 19 heavy (non-hydrogen) atoms. The van der Waals surface area contributed by atoms with E-state index in [4.69, 9.17) is 5.73 Å². The molecule has 1 aromatic rings. The Labute approximate surface area is 111 Å². The lowest BCUT2D eigenvalue weighted by atomic mass is 9.98. The highest BCUT2D eigenvalue weighted by Gasteiger charge is 2.32. The highest BCUT2D eigenvalue weighted by atomic mass is 19.1. The molecule has 0 bridgehead atoms. The van der Waals surface area contributed by atoms with Crippen molar-refractivity contribution in [2.45, 2.75) is 37.8 Å². The van der Waals surface area contributed by atoms with Crippen LogP contribution in [0.1, 0.15) is 41.6 Å². The molecule has 0 unspecified atom stereocenters. The first-order valence-electron chi connectivity index (χ1n) is 6.50. The quantitative estimate of drug-likeness (QED) is 0.752. The normalized spacial score (nSPS) is 17.6. The predicted molar refractivity (Wildman–Crippen MR) is 70.0 cm³/mol. The van der Waals surface area contributed by atoms with Gasteiger partial charge >= 0.3 is 0 Å². The largest absolute Gasteiger partial charge is 0.394 e. The first-order valence-corrected chi connectivity index (χ1v) is 6.50. The summed E-state index contributed by atoms with van der Waals surface area (Å²) in [5.41, 5.74) is 5.56. The first kappa shape index (κ1) is 14.0. The van der Waals surface area contributed by atoms with E-state index in [1.54, 1.807) is 0 Å². The molecule has 4 N–H and O–H groups in total. The van der Waals surface area contributed by atoms with Crippen LogP contribution in [0.5, 0.6) is 0 Å². The van der Waals surface area contributed by atoms with Gasteiger partial charge in [-0.3, -0.25) is 4.79 Å². The second-order valence-corrected chi connectivity index (χ2v) is 5.17. The highest BCUT2D eigenvalue weighted by Crippen LogP contribution is 2.29. The number of hydrogen-bond donors (Lipinski definition) is 3. The average molecular weight is 266 g/mol. The van der Waals surface area contributed by atoms with Crippen molar-refractivity contribution in [2.75, 3.05) is 6.61 Å². The van der Waals surface area contributed by atoms with E-state index in [2.05, 4.69) is 5.32 Å². The number of aliphatic hydroxyl groups is 1. The van der Waals surface area contributed by atoms with Crippen LogP contribution in [0.15, 0.2) is 18.2 Å². The van der Waals surface area contributed by atoms with Gasteiger partial charge in [0.25, 0.3) is 0 Å². The number of benzene rings is 1. The summed E-state index contributed by atoms with van der Waals surface area (Å²) in [7, 11) is 0.